The van der Waals surface area contributed by atoms with Crippen molar-refractivity contribution >= 4 is 35.5 Å². The van der Waals surface area contributed by atoms with Gasteiger partial charge in [-0.1, -0.05) is 55.5 Å². The predicted molar refractivity (Wildman–Crippen MR) is 132 cm³/mol. The molecule has 5 nitrogen and oxygen atoms in total. The topological polar surface area (TPSA) is 77.5 Å². The Morgan fingerprint density at radius 2 is 1.18 bits per heavy atom. The third-order valence-electron chi connectivity index (χ3n) is 4.99. The lowest BCUT2D eigenvalue weighted by molar-refractivity contribution is -0.112. The third kappa shape index (κ3) is 6.81. The largest absolute Gasteiger partial charge is 0.423 e. The van der Waals surface area contributed by atoms with Crippen LogP contribution in [0.1, 0.15) is 62.5 Å². The Morgan fingerprint density at radius 1 is 0.676 bits per heavy atom. The van der Waals surface area contributed by atoms with Crippen LogP contribution in [0.25, 0.3) is 12.2 Å². The van der Waals surface area contributed by atoms with E-state index in [2.05, 4.69) is 0 Å². The number of carbonyl (C=O) groups excluding carboxylic acids is 4. The standard InChI is InChI=1S/C29H24O5/c1-3-27(31)23-11-6-22(7-12-23)10-19-28(32)24-15-17-26(18-16-24)34-29(33)25-13-8-21(9-14-25)5-4-20(2)30/h4-19H,3H2,1-2H3/b5-4+,19-10+. The molecule has 0 aliphatic carbocycles. The fourth-order valence-corrected chi connectivity index (χ4v) is 3.05. The molecule has 0 heterocycles. The number of carbonyl (C=O) groups is 4. The highest BCUT2D eigenvalue weighted by molar-refractivity contribution is 6.07. The summed E-state index contributed by atoms with van der Waals surface area (Å²) in [6.45, 7) is 3.28. The minimum atomic E-state index is -0.522. The van der Waals surface area contributed by atoms with Crippen molar-refractivity contribution in [2.75, 3.05) is 0 Å². The van der Waals surface area contributed by atoms with E-state index >= 15 is 0 Å². The van der Waals surface area contributed by atoms with E-state index in [1.54, 1.807) is 84.9 Å². The van der Waals surface area contributed by atoms with Gasteiger partial charge in [0, 0.05) is 17.5 Å². The normalized spacial score (nSPS) is 11.0. The maximum Gasteiger partial charge on any atom is 0.343 e. The van der Waals surface area contributed by atoms with E-state index in [1.165, 1.54) is 19.1 Å². The number of Topliss-reactive ketones (excluding diaryl/α,β-unsaturated/α-hetero) is 1. The smallest absolute Gasteiger partial charge is 0.343 e. The molecule has 0 aliphatic heterocycles. The van der Waals surface area contributed by atoms with Crippen LogP contribution in [0.3, 0.4) is 0 Å². The minimum absolute atomic E-state index is 0.0559. The van der Waals surface area contributed by atoms with Crippen molar-refractivity contribution in [2.45, 2.75) is 20.3 Å². The first-order valence-electron chi connectivity index (χ1n) is 10.8. The van der Waals surface area contributed by atoms with Crippen LogP contribution in [0.15, 0.2) is 84.9 Å². The van der Waals surface area contributed by atoms with Crippen LogP contribution in [-0.2, 0) is 4.79 Å². The van der Waals surface area contributed by atoms with Crippen LogP contribution in [-0.4, -0.2) is 23.3 Å². The summed E-state index contributed by atoms with van der Waals surface area (Å²) in [5.41, 5.74) is 3.09. The summed E-state index contributed by atoms with van der Waals surface area (Å²) >= 11 is 0. The summed E-state index contributed by atoms with van der Waals surface area (Å²) in [7, 11) is 0. The Bertz CT molecular complexity index is 1250. The van der Waals surface area contributed by atoms with Crippen molar-refractivity contribution in [3.8, 4) is 5.75 Å². The van der Waals surface area contributed by atoms with Gasteiger partial charge in [-0.05, 0) is 66.6 Å². The lowest BCUT2D eigenvalue weighted by Crippen LogP contribution is -2.08. The first-order chi connectivity index (χ1) is 16.4. The quantitative estimate of drug-likeness (QED) is 0.172. The molecular weight excluding hydrogens is 428 g/mol. The Hall–Kier alpha value is -4.38. The summed E-state index contributed by atoms with van der Waals surface area (Å²) in [4.78, 5) is 47.5. The summed E-state index contributed by atoms with van der Waals surface area (Å²) in [6, 6.07) is 20.1. The molecule has 34 heavy (non-hydrogen) atoms. The number of ether oxygens (including phenoxy) is 1. The second-order valence-corrected chi connectivity index (χ2v) is 7.58. The Balaban J connectivity index is 1.59. The van der Waals surface area contributed by atoms with E-state index in [-0.39, 0.29) is 17.3 Å². The highest BCUT2D eigenvalue weighted by Crippen LogP contribution is 2.16. The predicted octanol–water partition coefficient (Wildman–Crippen LogP) is 6.00. The molecule has 0 amide bonds. The molecule has 0 atom stereocenters. The van der Waals surface area contributed by atoms with E-state index < -0.39 is 5.97 Å². The maximum atomic E-state index is 12.4. The SMILES string of the molecule is CCC(=O)c1ccc(/C=C/C(=O)c2ccc(OC(=O)c3ccc(/C=C/C(C)=O)cc3)cc2)cc1. The number of hydrogen-bond acceptors (Lipinski definition) is 5. The average molecular weight is 453 g/mol. The highest BCUT2D eigenvalue weighted by atomic mass is 16.5. The van der Waals surface area contributed by atoms with Gasteiger partial charge in [-0.2, -0.15) is 0 Å². The number of ketones is 3. The lowest BCUT2D eigenvalue weighted by atomic mass is 10.1. The first kappa shape index (κ1) is 24.3. The third-order valence-corrected chi connectivity index (χ3v) is 4.99. The molecule has 0 radical (unpaired) electrons. The molecule has 0 unspecified atom stereocenters. The number of allylic oxidation sites excluding steroid dienone is 2. The molecule has 0 saturated carbocycles. The van der Waals surface area contributed by atoms with E-state index in [0.717, 1.165) is 11.1 Å². The van der Waals surface area contributed by atoms with E-state index in [4.69, 9.17) is 4.74 Å². The van der Waals surface area contributed by atoms with E-state index in [9.17, 15) is 19.2 Å². The molecular formula is C29H24O5. The molecule has 0 spiro atoms. The monoisotopic (exact) mass is 452 g/mol. The fraction of sp³-hybridized carbons (Fsp3) is 0.103. The molecule has 0 saturated heterocycles. The van der Waals surface area contributed by atoms with Crippen LogP contribution in [0, 0.1) is 0 Å². The van der Waals surface area contributed by atoms with Crippen LogP contribution in [0.2, 0.25) is 0 Å². The fourth-order valence-electron chi connectivity index (χ4n) is 3.05. The molecule has 0 fully saturated rings. The van der Waals surface area contributed by atoms with Crippen molar-refractivity contribution in [1.82, 2.24) is 0 Å². The molecule has 0 bridgehead atoms. The average Bonchev–Trinajstić information content (AvgIpc) is 2.86. The number of rotatable bonds is 9. The lowest BCUT2D eigenvalue weighted by Gasteiger charge is -2.05. The van der Waals surface area contributed by atoms with Crippen molar-refractivity contribution in [3.63, 3.8) is 0 Å². The van der Waals surface area contributed by atoms with Gasteiger partial charge >= 0.3 is 5.97 Å². The van der Waals surface area contributed by atoms with Gasteiger partial charge in [-0.3, -0.25) is 14.4 Å². The molecule has 3 aromatic rings. The van der Waals surface area contributed by atoms with E-state index in [1.807, 2.05) is 6.92 Å². The Labute approximate surface area is 198 Å². The zero-order valence-electron chi connectivity index (χ0n) is 19.0. The zero-order chi connectivity index (χ0) is 24.5. The first-order valence-corrected chi connectivity index (χ1v) is 10.8. The number of benzene rings is 3. The molecule has 5 heteroatoms. The van der Waals surface area contributed by atoms with Crippen LogP contribution >= 0.6 is 0 Å². The van der Waals surface area contributed by atoms with Gasteiger partial charge in [0.15, 0.2) is 17.3 Å². The maximum absolute atomic E-state index is 12.4. The molecule has 3 aromatic carbocycles. The zero-order valence-corrected chi connectivity index (χ0v) is 19.0. The minimum Gasteiger partial charge on any atom is -0.423 e. The molecule has 0 N–H and O–H groups in total. The van der Waals surface area contributed by atoms with Gasteiger partial charge in [-0.15, -0.1) is 0 Å². The van der Waals surface area contributed by atoms with Crippen molar-refractivity contribution in [3.05, 3.63) is 113 Å². The van der Waals surface area contributed by atoms with Gasteiger partial charge in [-0.25, -0.2) is 4.79 Å². The number of hydrogen-bond donors (Lipinski definition) is 0. The second-order valence-electron chi connectivity index (χ2n) is 7.58. The van der Waals surface area contributed by atoms with Gasteiger partial charge in [0.05, 0.1) is 5.56 Å². The summed E-state index contributed by atoms with van der Waals surface area (Å²) < 4.78 is 5.37. The van der Waals surface area contributed by atoms with Gasteiger partial charge in [0.1, 0.15) is 5.75 Å². The highest BCUT2D eigenvalue weighted by Gasteiger charge is 2.09. The van der Waals surface area contributed by atoms with Gasteiger partial charge in [0.2, 0.25) is 0 Å². The summed E-state index contributed by atoms with van der Waals surface area (Å²) in [5.74, 6) is -0.375. The summed E-state index contributed by atoms with van der Waals surface area (Å²) in [5, 5.41) is 0. The molecule has 0 aromatic heterocycles. The van der Waals surface area contributed by atoms with Crippen molar-refractivity contribution in [2.24, 2.45) is 0 Å². The summed E-state index contributed by atoms with van der Waals surface area (Å²) in [6.07, 6.45) is 6.72. The van der Waals surface area contributed by atoms with E-state index in [0.29, 0.717) is 28.9 Å². The molecule has 0 aliphatic rings. The van der Waals surface area contributed by atoms with Gasteiger partial charge < -0.3 is 4.74 Å². The molecule has 170 valence electrons. The van der Waals surface area contributed by atoms with Crippen LogP contribution in [0.4, 0.5) is 0 Å². The number of esters is 1. The van der Waals surface area contributed by atoms with Gasteiger partial charge in [0.25, 0.3) is 0 Å². The van der Waals surface area contributed by atoms with Crippen molar-refractivity contribution in [1.29, 1.82) is 0 Å². The van der Waals surface area contributed by atoms with Crippen LogP contribution < -0.4 is 4.74 Å². The Morgan fingerprint density at radius 3 is 1.71 bits per heavy atom. The molecule has 3 rings (SSSR count). The Kier molecular flexibility index (Phi) is 8.19. The van der Waals surface area contributed by atoms with Crippen molar-refractivity contribution < 1.29 is 23.9 Å². The second kappa shape index (κ2) is 11.5. The van der Waals surface area contributed by atoms with Crippen LogP contribution in [0.5, 0.6) is 5.75 Å².